The van der Waals surface area contributed by atoms with Crippen LogP contribution in [0.15, 0.2) is 89.1 Å². The van der Waals surface area contributed by atoms with Crippen LogP contribution in [-0.4, -0.2) is 21.3 Å². The quantitative estimate of drug-likeness (QED) is 0.323. The van der Waals surface area contributed by atoms with Crippen molar-refractivity contribution in [2.24, 2.45) is 10.2 Å². The molecule has 1 aromatic heterocycles. The summed E-state index contributed by atoms with van der Waals surface area (Å²) in [6.45, 7) is 0.490. The largest absolute Gasteiger partial charge is 0.493 e. The summed E-state index contributed by atoms with van der Waals surface area (Å²) < 4.78 is 1.77. The van der Waals surface area contributed by atoms with Gasteiger partial charge in [-0.1, -0.05) is 78.3 Å². The van der Waals surface area contributed by atoms with Crippen molar-refractivity contribution in [3.63, 3.8) is 0 Å². The average molecular weight is 450 g/mol. The average Bonchev–Trinajstić information content (AvgIpc) is 3.05. The molecule has 4 aromatic rings. The summed E-state index contributed by atoms with van der Waals surface area (Å²) in [7, 11) is 0. The standard InChI is InChI=1S/C24H20ClN3O2S/c25-20-12-6-4-10-18(20)15-31-16-22(29)26-27-23-19-11-5-7-13-21(19)28(24(23)30)14-17-8-2-1-3-9-17/h1-13,30H,14-16H2. The molecule has 0 saturated carbocycles. The van der Waals surface area contributed by atoms with Crippen molar-refractivity contribution >= 4 is 45.9 Å². The van der Waals surface area contributed by atoms with Crippen LogP contribution in [0.1, 0.15) is 11.1 Å². The number of nitrogens with zero attached hydrogens (tertiary/aromatic N) is 3. The molecule has 0 aliphatic rings. The second-order valence-corrected chi connectivity index (χ2v) is 8.33. The van der Waals surface area contributed by atoms with Crippen LogP contribution in [0.5, 0.6) is 5.88 Å². The molecule has 4 rings (SSSR count). The second kappa shape index (κ2) is 9.81. The van der Waals surface area contributed by atoms with E-state index in [1.165, 1.54) is 11.8 Å². The van der Waals surface area contributed by atoms with Crippen molar-refractivity contribution in [3.05, 3.63) is 95.0 Å². The van der Waals surface area contributed by atoms with E-state index in [1.807, 2.05) is 78.9 Å². The second-order valence-electron chi connectivity index (χ2n) is 6.94. The molecular formula is C24H20ClN3O2S. The normalized spacial score (nSPS) is 11.4. The molecule has 0 aliphatic carbocycles. The van der Waals surface area contributed by atoms with E-state index < -0.39 is 0 Å². The Morgan fingerprint density at radius 2 is 1.68 bits per heavy atom. The summed E-state index contributed by atoms with van der Waals surface area (Å²) in [6, 6.07) is 24.9. The van der Waals surface area contributed by atoms with E-state index in [0.717, 1.165) is 22.0 Å². The van der Waals surface area contributed by atoms with E-state index in [-0.39, 0.29) is 17.5 Å². The summed E-state index contributed by atoms with van der Waals surface area (Å²) in [5, 5.41) is 20.2. The Morgan fingerprint density at radius 1 is 0.968 bits per heavy atom. The molecule has 0 aliphatic heterocycles. The van der Waals surface area contributed by atoms with Gasteiger partial charge in [0.15, 0.2) is 5.69 Å². The molecule has 0 radical (unpaired) electrons. The fourth-order valence-corrected chi connectivity index (χ4v) is 4.38. The third-order valence-electron chi connectivity index (χ3n) is 4.80. The number of aromatic hydroxyl groups is 1. The molecule has 0 bridgehead atoms. The maximum absolute atomic E-state index is 12.2. The number of aromatic nitrogens is 1. The Hall–Kier alpha value is -3.09. The molecule has 156 valence electrons. The van der Waals surface area contributed by atoms with Crippen LogP contribution >= 0.6 is 23.4 Å². The third-order valence-corrected chi connectivity index (χ3v) is 6.14. The number of para-hydroxylation sites is 1. The molecule has 3 aromatic carbocycles. The van der Waals surface area contributed by atoms with Crippen molar-refractivity contribution in [3.8, 4) is 5.88 Å². The van der Waals surface area contributed by atoms with Crippen LogP contribution in [0.3, 0.4) is 0 Å². The van der Waals surface area contributed by atoms with Gasteiger partial charge in [0.2, 0.25) is 5.88 Å². The van der Waals surface area contributed by atoms with E-state index in [9.17, 15) is 9.90 Å². The highest BCUT2D eigenvalue weighted by Gasteiger charge is 2.17. The smallest absolute Gasteiger partial charge is 0.274 e. The number of fused-ring (bicyclic) bond motifs is 1. The highest BCUT2D eigenvalue weighted by atomic mass is 35.5. The third kappa shape index (κ3) is 4.98. The maximum atomic E-state index is 12.2. The van der Waals surface area contributed by atoms with Crippen LogP contribution < -0.4 is 0 Å². The van der Waals surface area contributed by atoms with Gasteiger partial charge in [-0.15, -0.1) is 22.0 Å². The van der Waals surface area contributed by atoms with Gasteiger partial charge in [0.1, 0.15) is 0 Å². The number of carbonyl (C=O) groups excluding carboxylic acids is 1. The first kappa shape index (κ1) is 21.2. The molecule has 0 fully saturated rings. The van der Waals surface area contributed by atoms with Gasteiger partial charge in [-0.25, -0.2) is 0 Å². The van der Waals surface area contributed by atoms with Gasteiger partial charge in [-0.2, -0.15) is 0 Å². The zero-order valence-corrected chi connectivity index (χ0v) is 18.2. The molecule has 0 spiro atoms. The van der Waals surface area contributed by atoms with Gasteiger partial charge in [0.05, 0.1) is 17.8 Å². The Labute approximate surface area is 189 Å². The van der Waals surface area contributed by atoms with Crippen molar-refractivity contribution in [2.45, 2.75) is 12.3 Å². The number of hydrogen-bond acceptors (Lipinski definition) is 4. The van der Waals surface area contributed by atoms with Gasteiger partial charge < -0.3 is 9.67 Å². The lowest BCUT2D eigenvalue weighted by Gasteiger charge is -2.06. The molecule has 0 saturated heterocycles. The number of azo groups is 1. The molecule has 0 atom stereocenters. The number of halogens is 1. The number of benzene rings is 3. The lowest BCUT2D eigenvalue weighted by atomic mass is 10.2. The molecule has 5 nitrogen and oxygen atoms in total. The van der Waals surface area contributed by atoms with Crippen molar-refractivity contribution in [1.82, 2.24) is 4.57 Å². The Bertz CT molecular complexity index is 1240. The first-order valence-electron chi connectivity index (χ1n) is 9.73. The van der Waals surface area contributed by atoms with Crippen LogP contribution in [-0.2, 0) is 17.1 Å². The highest BCUT2D eigenvalue weighted by Crippen LogP contribution is 2.39. The Kier molecular flexibility index (Phi) is 6.70. The first-order valence-corrected chi connectivity index (χ1v) is 11.3. The number of amides is 1. The molecule has 31 heavy (non-hydrogen) atoms. The number of thioether (sulfide) groups is 1. The van der Waals surface area contributed by atoms with Gasteiger partial charge in [0.25, 0.3) is 5.91 Å². The molecular weight excluding hydrogens is 430 g/mol. The van der Waals surface area contributed by atoms with Gasteiger partial charge >= 0.3 is 0 Å². The van der Waals surface area contributed by atoms with Crippen LogP contribution in [0.25, 0.3) is 10.9 Å². The van der Waals surface area contributed by atoms with Crippen LogP contribution in [0, 0.1) is 0 Å². The van der Waals surface area contributed by atoms with E-state index in [0.29, 0.717) is 23.0 Å². The monoisotopic (exact) mass is 449 g/mol. The zero-order valence-electron chi connectivity index (χ0n) is 16.6. The van der Waals surface area contributed by atoms with E-state index >= 15 is 0 Å². The predicted octanol–water partition coefficient (Wildman–Crippen LogP) is 6.59. The van der Waals surface area contributed by atoms with Gasteiger partial charge in [-0.05, 0) is 23.3 Å². The van der Waals surface area contributed by atoms with E-state index in [4.69, 9.17) is 11.6 Å². The molecule has 1 heterocycles. The number of carbonyl (C=O) groups is 1. The minimum absolute atomic E-state index is 0.00896. The number of rotatable bonds is 7. The number of hydrogen-bond donors (Lipinski definition) is 1. The summed E-state index contributed by atoms with van der Waals surface area (Å²) in [6.07, 6.45) is 0. The minimum atomic E-state index is -0.364. The fourth-order valence-electron chi connectivity index (χ4n) is 3.29. The van der Waals surface area contributed by atoms with Crippen LogP contribution in [0.4, 0.5) is 5.69 Å². The summed E-state index contributed by atoms with van der Waals surface area (Å²) >= 11 is 7.57. The molecule has 1 N–H and O–H groups in total. The van der Waals surface area contributed by atoms with Crippen molar-refractivity contribution in [2.75, 3.05) is 5.75 Å². The first-order chi connectivity index (χ1) is 15.1. The topological polar surface area (TPSA) is 66.9 Å². The lowest BCUT2D eigenvalue weighted by molar-refractivity contribution is -0.115. The molecule has 0 unspecified atom stereocenters. The Morgan fingerprint density at radius 3 is 2.48 bits per heavy atom. The van der Waals surface area contributed by atoms with E-state index in [2.05, 4.69) is 10.2 Å². The van der Waals surface area contributed by atoms with Crippen molar-refractivity contribution < 1.29 is 9.90 Å². The van der Waals surface area contributed by atoms with E-state index in [1.54, 1.807) is 4.57 Å². The van der Waals surface area contributed by atoms with Crippen LogP contribution in [0.2, 0.25) is 5.02 Å². The summed E-state index contributed by atoms with van der Waals surface area (Å²) in [5.41, 5.74) is 3.16. The zero-order chi connectivity index (χ0) is 21.6. The van der Waals surface area contributed by atoms with Crippen molar-refractivity contribution in [1.29, 1.82) is 0 Å². The predicted molar refractivity (Wildman–Crippen MR) is 126 cm³/mol. The maximum Gasteiger partial charge on any atom is 0.274 e. The minimum Gasteiger partial charge on any atom is -0.493 e. The fraction of sp³-hybridized carbons (Fsp3) is 0.125. The lowest BCUT2D eigenvalue weighted by Crippen LogP contribution is -1.98. The SMILES string of the molecule is O=C(CSCc1ccccc1Cl)N=Nc1c(O)n(Cc2ccccc2)c2ccccc12. The van der Waals surface area contributed by atoms with Gasteiger partial charge in [-0.3, -0.25) is 4.79 Å². The molecule has 1 amide bonds. The Balaban J connectivity index is 1.50. The summed E-state index contributed by atoms with van der Waals surface area (Å²) in [5.74, 6) is 0.419. The highest BCUT2D eigenvalue weighted by molar-refractivity contribution is 7.99. The molecule has 7 heteroatoms. The van der Waals surface area contributed by atoms with Gasteiger partial charge in [0, 0.05) is 16.2 Å². The summed E-state index contributed by atoms with van der Waals surface area (Å²) in [4.78, 5) is 12.2.